The van der Waals surface area contributed by atoms with Gasteiger partial charge in [0.05, 0.1) is 6.61 Å². The van der Waals surface area contributed by atoms with Crippen LogP contribution in [0.1, 0.15) is 13.8 Å². The summed E-state index contributed by atoms with van der Waals surface area (Å²) < 4.78 is 75.0. The number of nitrogens with zero attached hydrogens (tertiary/aromatic N) is 2. The molecule has 2 aliphatic heterocycles. The van der Waals surface area contributed by atoms with Crippen molar-refractivity contribution in [3.8, 4) is 0 Å². The minimum Gasteiger partial charge on any atom is -0.364 e. The summed E-state index contributed by atoms with van der Waals surface area (Å²) in [7, 11) is 0. The molecule has 0 saturated carbocycles. The standard InChI is InChI=1S/C14H14F5N3O/c1-6(2)7-3-23-4-8-20-22(5-21(7)8)14-12(18)10(16)9(15)11(17)13(14)19/h6-7H,3-5H2,1-2H3/p+1/t7-/m1/s1. The van der Waals surface area contributed by atoms with E-state index in [0.29, 0.717) is 12.4 Å². The molecule has 126 valence electrons. The molecule has 0 bridgehead atoms. The summed E-state index contributed by atoms with van der Waals surface area (Å²) in [5.74, 6) is -9.12. The van der Waals surface area contributed by atoms with Crippen molar-refractivity contribution in [3.63, 3.8) is 0 Å². The first-order valence-electron chi connectivity index (χ1n) is 7.08. The lowest BCUT2D eigenvalue weighted by atomic mass is 10.0. The highest BCUT2D eigenvalue weighted by molar-refractivity contribution is 5.82. The Morgan fingerprint density at radius 1 is 1.04 bits per heavy atom. The first kappa shape index (κ1) is 16.0. The lowest BCUT2D eigenvalue weighted by Gasteiger charge is -2.24. The van der Waals surface area contributed by atoms with Gasteiger partial charge in [0.15, 0.2) is 35.6 Å². The second kappa shape index (κ2) is 5.63. The lowest BCUT2D eigenvalue weighted by molar-refractivity contribution is -0.577. The maximum atomic E-state index is 13.9. The third-order valence-corrected chi connectivity index (χ3v) is 4.06. The van der Waals surface area contributed by atoms with Gasteiger partial charge in [0.1, 0.15) is 12.6 Å². The molecule has 3 rings (SSSR count). The fraction of sp³-hybridized carbons (Fsp3) is 0.500. The molecule has 2 aliphatic rings. The molecule has 0 unspecified atom stereocenters. The molecule has 0 radical (unpaired) electrons. The van der Waals surface area contributed by atoms with Crippen LogP contribution in [0.3, 0.4) is 0 Å². The minimum absolute atomic E-state index is 0.0418. The fourth-order valence-corrected chi connectivity index (χ4v) is 2.79. The van der Waals surface area contributed by atoms with E-state index in [0.717, 1.165) is 5.01 Å². The van der Waals surface area contributed by atoms with Crippen LogP contribution in [0.4, 0.5) is 27.6 Å². The molecule has 0 aromatic heterocycles. The van der Waals surface area contributed by atoms with Crippen molar-refractivity contribution in [3.05, 3.63) is 29.1 Å². The van der Waals surface area contributed by atoms with E-state index >= 15 is 0 Å². The number of anilines is 1. The lowest BCUT2D eigenvalue weighted by Crippen LogP contribution is -2.44. The highest BCUT2D eigenvalue weighted by atomic mass is 19.2. The molecule has 0 saturated heterocycles. The van der Waals surface area contributed by atoms with Crippen LogP contribution in [0.25, 0.3) is 0 Å². The summed E-state index contributed by atoms with van der Waals surface area (Å²) in [6, 6.07) is -0.0579. The van der Waals surface area contributed by atoms with Gasteiger partial charge in [-0.25, -0.2) is 26.5 Å². The van der Waals surface area contributed by atoms with E-state index in [4.69, 9.17) is 4.74 Å². The minimum atomic E-state index is -2.17. The Morgan fingerprint density at radius 2 is 1.61 bits per heavy atom. The predicted octanol–water partition coefficient (Wildman–Crippen LogP) is 2.13. The van der Waals surface area contributed by atoms with Crippen molar-refractivity contribution >= 4 is 11.5 Å². The smallest absolute Gasteiger partial charge is 0.296 e. The van der Waals surface area contributed by atoms with Crippen LogP contribution in [-0.4, -0.2) is 36.3 Å². The number of rotatable bonds is 2. The molecule has 4 nitrogen and oxygen atoms in total. The third kappa shape index (κ3) is 2.43. The highest BCUT2D eigenvalue weighted by Crippen LogP contribution is 2.31. The van der Waals surface area contributed by atoms with E-state index in [1.54, 1.807) is 0 Å². The summed E-state index contributed by atoms with van der Waals surface area (Å²) in [4.78, 5) is 0. The average molecular weight is 336 g/mol. The van der Waals surface area contributed by atoms with Gasteiger partial charge in [0, 0.05) is 0 Å². The molecule has 1 aromatic rings. The molecule has 2 heterocycles. The Balaban J connectivity index is 1.98. The van der Waals surface area contributed by atoms with E-state index in [-0.39, 0.29) is 25.2 Å². The van der Waals surface area contributed by atoms with Crippen LogP contribution in [0.15, 0.2) is 0 Å². The second-order valence-electron chi connectivity index (χ2n) is 5.84. The summed E-state index contributed by atoms with van der Waals surface area (Å²) >= 11 is 0. The maximum absolute atomic E-state index is 13.9. The van der Waals surface area contributed by atoms with Gasteiger partial charge in [-0.15, -0.1) is 0 Å². The average Bonchev–Trinajstić information content (AvgIpc) is 2.94. The summed E-state index contributed by atoms with van der Waals surface area (Å²) in [5, 5.41) is 0.912. The van der Waals surface area contributed by atoms with Gasteiger partial charge >= 0.3 is 0 Å². The van der Waals surface area contributed by atoms with Gasteiger partial charge in [-0.05, 0) is 5.92 Å². The summed E-state index contributed by atoms with van der Waals surface area (Å²) in [6.45, 7) is 4.47. The normalized spacial score (nSPS) is 21.0. The van der Waals surface area contributed by atoms with E-state index < -0.39 is 34.8 Å². The molecule has 1 atom stereocenters. The van der Waals surface area contributed by atoms with Gasteiger partial charge in [-0.3, -0.25) is 0 Å². The summed E-state index contributed by atoms with van der Waals surface area (Å²) in [6.07, 6.45) is 0. The topological polar surface area (TPSA) is 27.5 Å². The van der Waals surface area contributed by atoms with Crippen LogP contribution in [0.5, 0.6) is 0 Å². The molecule has 1 aromatic carbocycles. The second-order valence-corrected chi connectivity index (χ2v) is 5.84. The number of amidine groups is 1. The Hall–Kier alpha value is -1.90. The number of ether oxygens (including phenoxy) is 1. The number of hydrogen-bond donors (Lipinski definition) is 1. The van der Waals surface area contributed by atoms with E-state index in [1.807, 2.05) is 18.4 Å². The molecule has 23 heavy (non-hydrogen) atoms. The van der Waals surface area contributed by atoms with Crippen molar-refractivity contribution in [2.75, 3.05) is 24.9 Å². The molecule has 0 spiro atoms. The predicted molar refractivity (Wildman–Crippen MR) is 71.4 cm³/mol. The zero-order valence-electron chi connectivity index (χ0n) is 12.5. The Labute approximate surface area is 129 Å². The van der Waals surface area contributed by atoms with Crippen molar-refractivity contribution in [1.29, 1.82) is 0 Å². The number of halogens is 5. The van der Waals surface area contributed by atoms with Gasteiger partial charge in [-0.2, -0.15) is 10.4 Å². The van der Waals surface area contributed by atoms with Gasteiger partial charge in [0.25, 0.3) is 5.84 Å². The molecule has 0 fully saturated rings. The molecule has 1 N–H and O–H groups in total. The molecular weight excluding hydrogens is 321 g/mol. The molecule has 0 amide bonds. The van der Waals surface area contributed by atoms with Crippen LogP contribution >= 0.6 is 0 Å². The monoisotopic (exact) mass is 336 g/mol. The Kier molecular flexibility index (Phi) is 3.91. The summed E-state index contributed by atoms with van der Waals surface area (Å²) in [5.41, 5.74) is 1.67. The highest BCUT2D eigenvalue weighted by Gasteiger charge is 2.41. The number of benzene rings is 1. The van der Waals surface area contributed by atoms with E-state index in [2.05, 4.69) is 5.43 Å². The van der Waals surface area contributed by atoms with Gasteiger partial charge in [0.2, 0.25) is 5.82 Å². The van der Waals surface area contributed by atoms with E-state index in [1.165, 1.54) is 0 Å². The number of hydrogen-bond acceptors (Lipinski definition) is 3. The largest absolute Gasteiger partial charge is 0.364 e. The number of nitrogens with one attached hydrogen (secondary N) is 1. The van der Waals surface area contributed by atoms with Crippen LogP contribution in [0, 0.1) is 35.0 Å². The quantitative estimate of drug-likeness (QED) is 0.388. The first-order valence-corrected chi connectivity index (χ1v) is 7.08. The molecule has 0 aliphatic carbocycles. The van der Waals surface area contributed by atoms with E-state index in [9.17, 15) is 22.0 Å². The van der Waals surface area contributed by atoms with Crippen molar-refractivity contribution < 1.29 is 31.3 Å². The molecule has 9 heteroatoms. The van der Waals surface area contributed by atoms with Crippen LogP contribution in [0.2, 0.25) is 0 Å². The maximum Gasteiger partial charge on any atom is 0.296 e. The molecular formula is C14H15F5N3O+. The van der Waals surface area contributed by atoms with Gasteiger partial charge < -0.3 is 4.74 Å². The van der Waals surface area contributed by atoms with Gasteiger partial charge in [-0.1, -0.05) is 13.8 Å². The van der Waals surface area contributed by atoms with Crippen molar-refractivity contribution in [2.24, 2.45) is 5.92 Å². The zero-order chi connectivity index (χ0) is 16.9. The van der Waals surface area contributed by atoms with Crippen molar-refractivity contribution in [2.45, 2.75) is 19.9 Å². The third-order valence-electron chi connectivity index (χ3n) is 4.06. The first-order chi connectivity index (χ1) is 10.8. The Bertz CT molecular complexity index is 662. The van der Waals surface area contributed by atoms with Crippen molar-refractivity contribution in [1.82, 2.24) is 5.43 Å². The van der Waals surface area contributed by atoms with Crippen LogP contribution < -0.4 is 10.4 Å². The number of hydrazine groups is 1. The zero-order valence-corrected chi connectivity index (χ0v) is 12.5. The SMILES string of the molecule is CC(C)[C@H]1COCC2=[N+]1CN(c1c(F)c(F)c(F)c(F)c1F)N2. The fourth-order valence-electron chi connectivity index (χ4n) is 2.79. The van der Waals surface area contributed by atoms with Crippen LogP contribution in [-0.2, 0) is 4.74 Å². The Morgan fingerprint density at radius 3 is 2.17 bits per heavy atom.